The average Bonchev–Trinajstić information content (AvgIpc) is 3.40. The zero-order chi connectivity index (χ0) is 20.8. The Bertz CT molecular complexity index is 850. The number of rotatable bonds is 7. The van der Waals surface area contributed by atoms with E-state index in [0.29, 0.717) is 25.4 Å². The molecule has 2 aromatic rings. The van der Waals surface area contributed by atoms with E-state index >= 15 is 0 Å². The fraction of sp³-hybridized carbons (Fsp3) is 0.500. The zero-order valence-corrected chi connectivity index (χ0v) is 18.3. The van der Waals surface area contributed by atoms with Gasteiger partial charge in [-0.2, -0.15) is 11.3 Å². The van der Waals surface area contributed by atoms with Gasteiger partial charge in [-0.05, 0) is 31.2 Å². The largest absolute Gasteiger partial charge is 0.466 e. The molecule has 0 N–H and O–H groups in total. The van der Waals surface area contributed by atoms with Crippen LogP contribution in [0.15, 0.2) is 22.2 Å². The first-order chi connectivity index (χ1) is 14.0. The third-order valence-electron chi connectivity index (χ3n) is 4.84. The molecule has 7 nitrogen and oxygen atoms in total. The SMILES string of the molecule is CCOC(=O)C1CCCN(C(=O)CN(C)C(=O)Cc2csc(-c3ccsc3)n2)C1. The lowest BCUT2D eigenvalue weighted by molar-refractivity contribution is -0.152. The molecule has 9 heteroatoms. The Hall–Kier alpha value is -2.26. The van der Waals surface area contributed by atoms with Crippen molar-refractivity contribution in [3.8, 4) is 10.6 Å². The molecule has 1 aliphatic rings. The lowest BCUT2D eigenvalue weighted by Gasteiger charge is -2.32. The van der Waals surface area contributed by atoms with Gasteiger partial charge in [-0.3, -0.25) is 14.4 Å². The van der Waals surface area contributed by atoms with Gasteiger partial charge in [0.25, 0.3) is 0 Å². The molecule has 156 valence electrons. The Morgan fingerprint density at radius 1 is 1.34 bits per heavy atom. The molecule has 0 saturated carbocycles. The van der Waals surface area contributed by atoms with Gasteiger partial charge in [0, 0.05) is 36.5 Å². The fourth-order valence-electron chi connectivity index (χ4n) is 3.24. The molecule has 29 heavy (non-hydrogen) atoms. The summed E-state index contributed by atoms with van der Waals surface area (Å²) in [4.78, 5) is 44.7. The Labute approximate surface area is 178 Å². The van der Waals surface area contributed by atoms with Gasteiger partial charge in [0.15, 0.2) is 0 Å². The summed E-state index contributed by atoms with van der Waals surface area (Å²) < 4.78 is 5.08. The summed E-state index contributed by atoms with van der Waals surface area (Å²) in [6.07, 6.45) is 1.65. The lowest BCUT2D eigenvalue weighted by atomic mass is 9.98. The molecule has 0 aliphatic carbocycles. The van der Waals surface area contributed by atoms with Gasteiger partial charge in [-0.15, -0.1) is 11.3 Å². The fourth-order valence-corrected chi connectivity index (χ4v) is 4.78. The van der Waals surface area contributed by atoms with E-state index in [1.165, 1.54) is 16.2 Å². The highest BCUT2D eigenvalue weighted by Crippen LogP contribution is 2.26. The molecule has 1 atom stereocenters. The van der Waals surface area contributed by atoms with Gasteiger partial charge in [0.2, 0.25) is 11.8 Å². The number of esters is 1. The van der Waals surface area contributed by atoms with Crippen molar-refractivity contribution in [2.75, 3.05) is 33.3 Å². The number of thiazole rings is 1. The number of carbonyl (C=O) groups is 3. The van der Waals surface area contributed by atoms with Crippen molar-refractivity contribution >= 4 is 40.5 Å². The van der Waals surface area contributed by atoms with E-state index in [1.807, 2.05) is 22.2 Å². The average molecular weight is 436 g/mol. The first-order valence-electron chi connectivity index (χ1n) is 9.63. The predicted octanol–water partition coefficient (Wildman–Crippen LogP) is 2.67. The number of likely N-dealkylation sites (tertiary alicyclic amines) is 1. The van der Waals surface area contributed by atoms with Crippen LogP contribution in [0.25, 0.3) is 10.6 Å². The zero-order valence-electron chi connectivity index (χ0n) is 16.6. The number of likely N-dealkylation sites (N-methyl/N-ethyl adjacent to an activating group) is 1. The summed E-state index contributed by atoms with van der Waals surface area (Å²) in [5.41, 5.74) is 1.77. The van der Waals surface area contributed by atoms with Crippen LogP contribution in [0.3, 0.4) is 0 Å². The van der Waals surface area contributed by atoms with Crippen molar-refractivity contribution in [1.29, 1.82) is 0 Å². The highest BCUT2D eigenvalue weighted by molar-refractivity contribution is 7.14. The van der Waals surface area contributed by atoms with Crippen molar-refractivity contribution in [2.24, 2.45) is 5.92 Å². The molecule has 1 fully saturated rings. The second-order valence-corrected chi connectivity index (χ2v) is 8.65. The van der Waals surface area contributed by atoms with E-state index in [1.54, 1.807) is 30.2 Å². The Balaban J connectivity index is 1.51. The van der Waals surface area contributed by atoms with Crippen LogP contribution in [0.4, 0.5) is 0 Å². The van der Waals surface area contributed by atoms with Crippen LogP contribution in [0.2, 0.25) is 0 Å². The topological polar surface area (TPSA) is 79.8 Å². The number of hydrogen-bond acceptors (Lipinski definition) is 7. The Morgan fingerprint density at radius 2 is 2.17 bits per heavy atom. The number of ether oxygens (including phenoxy) is 1. The highest BCUT2D eigenvalue weighted by Gasteiger charge is 2.30. The quantitative estimate of drug-likeness (QED) is 0.625. The molecular formula is C20H25N3O4S2. The summed E-state index contributed by atoms with van der Waals surface area (Å²) in [6, 6.07) is 2.00. The number of aromatic nitrogens is 1. The predicted molar refractivity (Wildman–Crippen MR) is 113 cm³/mol. The third kappa shape index (κ3) is 5.63. The number of piperidine rings is 1. The van der Waals surface area contributed by atoms with E-state index < -0.39 is 0 Å². The van der Waals surface area contributed by atoms with Gasteiger partial charge >= 0.3 is 5.97 Å². The molecule has 3 heterocycles. The number of amides is 2. The second-order valence-electron chi connectivity index (χ2n) is 7.01. The molecule has 0 aromatic carbocycles. The van der Waals surface area contributed by atoms with Gasteiger partial charge in [-0.25, -0.2) is 4.98 Å². The molecule has 2 aromatic heterocycles. The van der Waals surface area contributed by atoms with E-state index in [2.05, 4.69) is 4.98 Å². The molecule has 2 amide bonds. The number of hydrogen-bond donors (Lipinski definition) is 0. The van der Waals surface area contributed by atoms with Crippen molar-refractivity contribution in [2.45, 2.75) is 26.2 Å². The summed E-state index contributed by atoms with van der Waals surface area (Å²) in [5.74, 6) is -0.829. The van der Waals surface area contributed by atoms with Gasteiger partial charge in [-0.1, -0.05) is 0 Å². The molecule has 3 rings (SSSR count). The maximum Gasteiger partial charge on any atom is 0.310 e. The van der Waals surface area contributed by atoms with Crippen molar-refractivity contribution in [3.05, 3.63) is 27.9 Å². The van der Waals surface area contributed by atoms with Gasteiger partial charge in [0.1, 0.15) is 5.01 Å². The molecule has 1 saturated heterocycles. The lowest BCUT2D eigenvalue weighted by Crippen LogP contribution is -2.47. The Kier molecular flexibility index (Phi) is 7.38. The van der Waals surface area contributed by atoms with Crippen LogP contribution in [-0.4, -0.2) is 65.9 Å². The number of thiophene rings is 1. The maximum absolute atomic E-state index is 12.6. The first-order valence-corrected chi connectivity index (χ1v) is 11.5. The molecule has 0 radical (unpaired) electrons. The monoisotopic (exact) mass is 435 g/mol. The van der Waals surface area contributed by atoms with E-state index in [4.69, 9.17) is 4.74 Å². The molecular weight excluding hydrogens is 410 g/mol. The molecule has 1 unspecified atom stereocenters. The van der Waals surface area contributed by atoms with Crippen LogP contribution >= 0.6 is 22.7 Å². The molecule has 0 spiro atoms. The third-order valence-corrected chi connectivity index (χ3v) is 6.47. The normalized spacial score (nSPS) is 16.5. The van der Waals surface area contributed by atoms with Crippen LogP contribution in [0.1, 0.15) is 25.5 Å². The van der Waals surface area contributed by atoms with Crippen molar-refractivity contribution in [1.82, 2.24) is 14.8 Å². The van der Waals surface area contributed by atoms with E-state index in [-0.39, 0.29) is 36.7 Å². The van der Waals surface area contributed by atoms with Crippen molar-refractivity contribution < 1.29 is 19.1 Å². The van der Waals surface area contributed by atoms with E-state index in [0.717, 1.165) is 23.4 Å². The van der Waals surface area contributed by atoms with E-state index in [9.17, 15) is 14.4 Å². The van der Waals surface area contributed by atoms with Gasteiger partial charge < -0.3 is 14.5 Å². The number of carbonyl (C=O) groups excluding carboxylic acids is 3. The second kappa shape index (κ2) is 9.98. The summed E-state index contributed by atoms with van der Waals surface area (Å²) in [7, 11) is 1.62. The molecule has 1 aliphatic heterocycles. The highest BCUT2D eigenvalue weighted by atomic mass is 32.1. The first kappa shape index (κ1) is 21.4. The minimum Gasteiger partial charge on any atom is -0.466 e. The summed E-state index contributed by atoms with van der Waals surface area (Å²) in [6.45, 7) is 3.07. The van der Waals surface area contributed by atoms with Gasteiger partial charge in [0.05, 0.1) is 31.2 Å². The van der Waals surface area contributed by atoms with Crippen LogP contribution in [-0.2, 0) is 25.5 Å². The Morgan fingerprint density at radius 3 is 2.90 bits per heavy atom. The van der Waals surface area contributed by atoms with Crippen molar-refractivity contribution in [3.63, 3.8) is 0 Å². The minimum absolute atomic E-state index is 0.00406. The minimum atomic E-state index is -0.279. The standard InChI is InChI=1S/C20H25N3O4S2/c1-3-27-20(26)14-5-4-7-23(10-14)18(25)11-22(2)17(24)9-16-13-29-19(21-16)15-6-8-28-12-15/h6,8,12-14H,3-5,7,9-11H2,1-2H3. The molecule has 0 bridgehead atoms. The summed E-state index contributed by atoms with van der Waals surface area (Å²) >= 11 is 3.12. The maximum atomic E-state index is 12.6. The van der Waals surface area contributed by atoms with Crippen LogP contribution < -0.4 is 0 Å². The smallest absolute Gasteiger partial charge is 0.310 e. The number of nitrogens with zero attached hydrogens (tertiary/aromatic N) is 3. The van der Waals surface area contributed by atoms with Crippen LogP contribution in [0, 0.1) is 5.92 Å². The van der Waals surface area contributed by atoms with Crippen LogP contribution in [0.5, 0.6) is 0 Å². The summed E-state index contributed by atoms with van der Waals surface area (Å²) in [5, 5.41) is 6.80.